The van der Waals surface area contributed by atoms with Crippen molar-refractivity contribution in [3.8, 4) is 0 Å². The first-order valence-corrected chi connectivity index (χ1v) is 26.3. The average Bonchev–Trinajstić information content (AvgIpc) is 4.22. The van der Waals surface area contributed by atoms with E-state index >= 15 is 0 Å². The number of carbonyl (C=O) groups excluding carboxylic acids is 4. The average molecular weight is 1180 g/mol. The van der Waals surface area contributed by atoms with Crippen LogP contribution >= 0.6 is 86.9 Å². The van der Waals surface area contributed by atoms with Gasteiger partial charge in [-0.05, 0) is 178 Å². The summed E-state index contributed by atoms with van der Waals surface area (Å²) in [4.78, 5) is 62.5. The molecule has 0 spiro atoms. The highest BCUT2D eigenvalue weighted by molar-refractivity contribution is 9.11. The van der Waals surface area contributed by atoms with E-state index in [-0.39, 0.29) is 59.2 Å². The van der Waals surface area contributed by atoms with Crippen LogP contribution in [0.5, 0.6) is 0 Å². The normalized spacial score (nSPS) is 24.7. The third-order valence-corrected chi connectivity index (χ3v) is 17.2. The van der Waals surface area contributed by atoms with Crippen molar-refractivity contribution in [2.45, 2.75) is 76.0 Å². The summed E-state index contributed by atoms with van der Waals surface area (Å²) in [6.45, 7) is 2.82. The summed E-state index contributed by atoms with van der Waals surface area (Å²) in [6.07, 6.45) is 12.3. The fraction of sp³-hybridized carbons (Fsp3) is 0.469. The highest BCUT2D eigenvalue weighted by Crippen LogP contribution is 2.49. The minimum atomic E-state index is -0.356. The number of hydrogen-bond donors (Lipinski definition) is 1. The lowest BCUT2D eigenvalue weighted by atomic mass is 9.76. The monoisotopic (exact) mass is 1170 g/mol. The number of nitrogens with zero attached hydrogens (tertiary/aromatic N) is 4. The minimum Gasteiger partial charge on any atom is -0.469 e. The summed E-state index contributed by atoms with van der Waals surface area (Å²) in [5.41, 5.74) is 15.3. The van der Waals surface area contributed by atoms with Gasteiger partial charge in [0, 0.05) is 78.3 Å². The number of halogens is 6. The highest BCUT2D eigenvalue weighted by atomic mass is 79.9. The van der Waals surface area contributed by atoms with Crippen molar-refractivity contribution in [3.05, 3.63) is 121 Å². The maximum absolute atomic E-state index is 12.9. The molecule has 2 aromatic carbocycles. The summed E-state index contributed by atoms with van der Waals surface area (Å²) >= 11 is 27.6. The van der Waals surface area contributed by atoms with Gasteiger partial charge in [-0.25, -0.2) is 0 Å². The Kier molecular flexibility index (Phi) is 14.2. The third-order valence-electron chi connectivity index (χ3n) is 14.6. The van der Waals surface area contributed by atoms with E-state index in [0.29, 0.717) is 50.9 Å². The Balaban J connectivity index is 0.000000164. The Hall–Kier alpha value is -2.88. The summed E-state index contributed by atoms with van der Waals surface area (Å²) in [6, 6.07) is 12.5. The van der Waals surface area contributed by atoms with E-state index in [1.807, 2.05) is 34.3 Å². The SMILES string of the molecule is COC(=O)C1C[C@@H]1C(=O)N1CCC([C@H]2c3ncc(Br)cc3CCc3cc(Cl)cc(Br)c32)CC1.NC(=O)C1C[C@@H]1C(=O)N1CCC([C@H]2c3ncc(Br)cc3CCc3cc(Cl)cc(Br)c32)CC1. The molecule has 6 aliphatic rings. The van der Waals surface area contributed by atoms with Gasteiger partial charge in [0.05, 0.1) is 42.2 Å². The molecule has 0 radical (unpaired) electrons. The van der Waals surface area contributed by atoms with Crippen LogP contribution in [-0.4, -0.2) is 76.7 Å². The molecule has 4 heterocycles. The second kappa shape index (κ2) is 19.6. The van der Waals surface area contributed by atoms with Crippen molar-refractivity contribution < 1.29 is 23.9 Å². The molecule has 2 saturated carbocycles. The molecule has 4 aromatic rings. The first-order valence-electron chi connectivity index (χ1n) is 22.4. The number of likely N-dealkylation sites (tertiary alicyclic amines) is 2. The van der Waals surface area contributed by atoms with Gasteiger partial charge in [-0.2, -0.15) is 0 Å². The lowest BCUT2D eigenvalue weighted by molar-refractivity contribution is -0.145. The van der Waals surface area contributed by atoms with Gasteiger partial charge >= 0.3 is 5.97 Å². The zero-order chi connectivity index (χ0) is 45.8. The number of ether oxygens (including phenoxy) is 1. The number of fused-ring (bicyclic) bond motifs is 4. The second-order valence-electron chi connectivity index (χ2n) is 18.4. The number of carbonyl (C=O) groups is 4. The molecule has 6 atom stereocenters. The Bertz CT molecular complexity index is 2570. The van der Waals surface area contributed by atoms with Crippen molar-refractivity contribution in [3.63, 3.8) is 0 Å². The molecule has 16 heteroatoms. The molecule has 0 bridgehead atoms. The van der Waals surface area contributed by atoms with E-state index in [0.717, 1.165) is 90.7 Å². The Morgan fingerprint density at radius 1 is 0.600 bits per heavy atom. The Labute approximate surface area is 423 Å². The van der Waals surface area contributed by atoms with Crippen molar-refractivity contribution >= 4 is 111 Å². The molecular formula is C49H49Br4Cl2N5O5. The molecule has 2 N–H and O–H groups in total. The number of aromatic nitrogens is 2. The summed E-state index contributed by atoms with van der Waals surface area (Å²) < 4.78 is 8.86. The van der Waals surface area contributed by atoms with E-state index in [1.165, 1.54) is 40.5 Å². The van der Waals surface area contributed by atoms with Gasteiger partial charge < -0.3 is 20.3 Å². The number of pyridine rings is 2. The topological polar surface area (TPSA) is 136 Å². The molecule has 2 aromatic heterocycles. The molecule has 4 aliphatic carbocycles. The van der Waals surface area contributed by atoms with Crippen LogP contribution in [-0.2, 0) is 49.6 Å². The van der Waals surface area contributed by atoms with Crippen LogP contribution in [0.25, 0.3) is 0 Å². The third kappa shape index (κ3) is 9.87. The quantitative estimate of drug-likeness (QED) is 0.190. The van der Waals surface area contributed by atoms with Crippen LogP contribution in [0.4, 0.5) is 0 Å². The first-order chi connectivity index (χ1) is 31.2. The maximum Gasteiger partial charge on any atom is 0.309 e. The first kappa shape index (κ1) is 47.2. The van der Waals surface area contributed by atoms with Gasteiger partial charge in [-0.15, -0.1) is 0 Å². The molecular weight excluding hydrogens is 1130 g/mol. The molecule has 65 heavy (non-hydrogen) atoms. The van der Waals surface area contributed by atoms with Gasteiger partial charge in [0.15, 0.2) is 0 Å². The number of methoxy groups -OCH3 is 1. The summed E-state index contributed by atoms with van der Waals surface area (Å²) in [5.74, 6) is -0.350. The Morgan fingerprint density at radius 3 is 1.40 bits per heavy atom. The van der Waals surface area contributed by atoms with E-state index in [9.17, 15) is 19.2 Å². The standard InChI is InChI=1S/C25H25Br2ClN2O3.C24H24Br2ClN3O2/c1-33-25(32)19-11-18(19)24(31)30-6-4-13(5-7-30)22-21-14(9-17(28)10-20(21)27)2-3-15-8-16(26)12-29-23(15)22;25-15-7-14-2-1-13-8-16(27)9-19(26)20(13)21(22(14)29-11-15)12-3-5-30(6-4-12)24(32)18-10-17(18)23(28)31/h8-10,12-13,18-19,22H,2-7,11H2,1H3;7-9,11-12,17-18,21H,1-6,10H2,(H2,28,31)/t18-,19?,22+;17?,18-,21+/m00/s1. The van der Waals surface area contributed by atoms with Crippen molar-refractivity contribution in [1.82, 2.24) is 19.8 Å². The van der Waals surface area contributed by atoms with Crippen LogP contribution in [0.2, 0.25) is 10.0 Å². The largest absolute Gasteiger partial charge is 0.469 e. The maximum atomic E-state index is 12.9. The van der Waals surface area contributed by atoms with Gasteiger partial charge in [0.25, 0.3) is 0 Å². The van der Waals surface area contributed by atoms with Gasteiger partial charge in [0.1, 0.15) is 0 Å². The minimum absolute atomic E-state index is 0.0870. The van der Waals surface area contributed by atoms with Crippen molar-refractivity contribution in [1.29, 1.82) is 0 Å². The lowest BCUT2D eigenvalue weighted by Crippen LogP contribution is -2.41. The van der Waals surface area contributed by atoms with Crippen LogP contribution in [0.1, 0.15) is 95.1 Å². The van der Waals surface area contributed by atoms with Gasteiger partial charge in [0.2, 0.25) is 17.7 Å². The van der Waals surface area contributed by atoms with E-state index in [1.54, 1.807) is 0 Å². The van der Waals surface area contributed by atoms with Crippen molar-refractivity contribution in [2.24, 2.45) is 41.2 Å². The zero-order valence-corrected chi connectivity index (χ0v) is 43.7. The highest BCUT2D eigenvalue weighted by Gasteiger charge is 2.51. The molecule has 342 valence electrons. The molecule has 2 saturated heterocycles. The van der Waals surface area contributed by atoms with Crippen LogP contribution < -0.4 is 5.73 Å². The number of benzene rings is 2. The summed E-state index contributed by atoms with van der Waals surface area (Å²) in [5, 5.41) is 1.48. The van der Waals surface area contributed by atoms with E-state index < -0.39 is 0 Å². The molecule has 10 nitrogen and oxygen atoms in total. The number of nitrogens with two attached hydrogens (primary N) is 1. The van der Waals surface area contributed by atoms with Gasteiger partial charge in [-0.3, -0.25) is 29.1 Å². The van der Waals surface area contributed by atoms with Crippen LogP contribution in [0, 0.1) is 35.5 Å². The number of rotatable bonds is 6. The number of esters is 1. The number of aryl methyl sites for hydroxylation is 4. The number of hydrogen-bond acceptors (Lipinski definition) is 7. The second-order valence-corrected chi connectivity index (χ2v) is 22.8. The predicted molar refractivity (Wildman–Crippen MR) is 264 cm³/mol. The lowest BCUT2D eigenvalue weighted by Gasteiger charge is -2.37. The molecule has 10 rings (SSSR count). The number of amides is 3. The van der Waals surface area contributed by atoms with E-state index in [4.69, 9.17) is 43.6 Å². The molecule has 2 unspecified atom stereocenters. The van der Waals surface area contributed by atoms with E-state index in [2.05, 4.69) is 88.0 Å². The van der Waals surface area contributed by atoms with Crippen molar-refractivity contribution in [2.75, 3.05) is 33.3 Å². The molecule has 4 fully saturated rings. The summed E-state index contributed by atoms with van der Waals surface area (Å²) in [7, 11) is 1.38. The zero-order valence-electron chi connectivity index (χ0n) is 35.8. The smallest absolute Gasteiger partial charge is 0.309 e. The van der Waals surface area contributed by atoms with Gasteiger partial charge in [-0.1, -0.05) is 55.1 Å². The fourth-order valence-electron chi connectivity index (χ4n) is 11.1. The fourth-order valence-corrected chi connectivity index (χ4v) is 14.1. The molecule has 2 aliphatic heterocycles. The van der Waals surface area contributed by atoms with Crippen LogP contribution in [0.15, 0.2) is 66.7 Å². The van der Waals surface area contributed by atoms with Crippen LogP contribution in [0.3, 0.4) is 0 Å². The number of piperidine rings is 2. The molecule has 3 amide bonds. The number of primary amides is 1. The Morgan fingerprint density at radius 2 is 1.00 bits per heavy atom. The predicted octanol–water partition coefficient (Wildman–Crippen LogP) is 10.4.